The quantitative estimate of drug-likeness (QED) is 0.849. The molecule has 2 aromatic rings. The van der Waals surface area contributed by atoms with Crippen LogP contribution in [0.5, 0.6) is 0 Å². The van der Waals surface area contributed by atoms with Crippen LogP contribution < -0.4 is 0 Å². The van der Waals surface area contributed by atoms with Crippen molar-refractivity contribution in [1.82, 2.24) is 14.8 Å². The predicted octanol–water partition coefficient (Wildman–Crippen LogP) is 2.86. The molecule has 0 atom stereocenters. The SMILES string of the molecule is CN1CCC(N(CCc2ccccc2)C(=O)c2ccccn2)CC1. The number of nitrogens with zero attached hydrogens (tertiary/aromatic N) is 3. The molecule has 0 aliphatic carbocycles. The van der Waals surface area contributed by atoms with E-state index in [4.69, 9.17) is 0 Å². The van der Waals surface area contributed by atoms with Crippen LogP contribution in [0.25, 0.3) is 0 Å². The summed E-state index contributed by atoms with van der Waals surface area (Å²) in [5, 5.41) is 0. The fraction of sp³-hybridized carbons (Fsp3) is 0.400. The van der Waals surface area contributed by atoms with E-state index in [-0.39, 0.29) is 5.91 Å². The van der Waals surface area contributed by atoms with E-state index in [0.29, 0.717) is 11.7 Å². The van der Waals surface area contributed by atoms with Crippen molar-refractivity contribution in [3.8, 4) is 0 Å². The zero-order valence-corrected chi connectivity index (χ0v) is 14.3. The fourth-order valence-corrected chi connectivity index (χ4v) is 3.29. The van der Waals surface area contributed by atoms with Crippen LogP contribution >= 0.6 is 0 Å². The van der Waals surface area contributed by atoms with Gasteiger partial charge < -0.3 is 9.80 Å². The molecule has 126 valence electrons. The summed E-state index contributed by atoms with van der Waals surface area (Å²) in [6.07, 6.45) is 4.64. The number of amides is 1. The van der Waals surface area contributed by atoms with Crippen molar-refractivity contribution in [3.05, 3.63) is 66.0 Å². The van der Waals surface area contributed by atoms with E-state index in [1.807, 2.05) is 29.2 Å². The van der Waals surface area contributed by atoms with Crippen molar-refractivity contribution in [2.75, 3.05) is 26.7 Å². The lowest BCUT2D eigenvalue weighted by atomic mass is 10.0. The molecule has 0 radical (unpaired) electrons. The minimum Gasteiger partial charge on any atom is -0.334 e. The van der Waals surface area contributed by atoms with Gasteiger partial charge in [-0.25, -0.2) is 0 Å². The minimum absolute atomic E-state index is 0.0566. The summed E-state index contributed by atoms with van der Waals surface area (Å²) in [6, 6.07) is 16.2. The second-order valence-corrected chi connectivity index (χ2v) is 6.48. The van der Waals surface area contributed by atoms with E-state index < -0.39 is 0 Å². The predicted molar refractivity (Wildman–Crippen MR) is 95.9 cm³/mol. The van der Waals surface area contributed by atoms with Gasteiger partial charge in [0.05, 0.1) is 0 Å². The van der Waals surface area contributed by atoms with Crippen molar-refractivity contribution in [2.45, 2.75) is 25.3 Å². The Morgan fingerprint density at radius 1 is 1.12 bits per heavy atom. The van der Waals surface area contributed by atoms with Gasteiger partial charge >= 0.3 is 0 Å². The van der Waals surface area contributed by atoms with Crippen LogP contribution in [-0.4, -0.2) is 53.4 Å². The van der Waals surface area contributed by atoms with E-state index in [1.54, 1.807) is 6.20 Å². The molecule has 4 nitrogen and oxygen atoms in total. The highest BCUT2D eigenvalue weighted by atomic mass is 16.2. The van der Waals surface area contributed by atoms with Crippen molar-refractivity contribution >= 4 is 5.91 Å². The lowest BCUT2D eigenvalue weighted by molar-refractivity contribution is 0.0588. The number of piperidine rings is 1. The van der Waals surface area contributed by atoms with Crippen molar-refractivity contribution in [2.24, 2.45) is 0 Å². The van der Waals surface area contributed by atoms with Crippen LogP contribution in [-0.2, 0) is 6.42 Å². The topological polar surface area (TPSA) is 36.4 Å². The van der Waals surface area contributed by atoms with Crippen LogP contribution in [0.15, 0.2) is 54.7 Å². The van der Waals surface area contributed by atoms with E-state index >= 15 is 0 Å². The Balaban J connectivity index is 1.74. The van der Waals surface area contributed by atoms with Gasteiger partial charge in [0.25, 0.3) is 5.91 Å². The van der Waals surface area contributed by atoms with E-state index in [0.717, 1.165) is 38.9 Å². The first-order valence-corrected chi connectivity index (χ1v) is 8.68. The molecule has 1 aliphatic rings. The van der Waals surface area contributed by atoms with Gasteiger partial charge in [0.15, 0.2) is 0 Å². The summed E-state index contributed by atoms with van der Waals surface area (Å²) in [5.74, 6) is 0.0566. The van der Waals surface area contributed by atoms with Crippen LogP contribution in [0, 0.1) is 0 Å². The monoisotopic (exact) mass is 323 g/mol. The normalized spacial score (nSPS) is 16.0. The Kier molecular flexibility index (Phi) is 5.59. The zero-order valence-electron chi connectivity index (χ0n) is 14.3. The summed E-state index contributed by atoms with van der Waals surface area (Å²) in [5.41, 5.74) is 1.81. The van der Waals surface area contributed by atoms with Gasteiger partial charge in [-0.3, -0.25) is 9.78 Å². The maximum atomic E-state index is 13.0. The van der Waals surface area contributed by atoms with Crippen LogP contribution in [0.3, 0.4) is 0 Å². The van der Waals surface area contributed by atoms with Crippen LogP contribution in [0.2, 0.25) is 0 Å². The average molecular weight is 323 g/mol. The number of hydrogen-bond donors (Lipinski definition) is 0. The molecular formula is C20H25N3O. The van der Waals surface area contributed by atoms with E-state index in [9.17, 15) is 4.79 Å². The number of likely N-dealkylation sites (tertiary alicyclic amines) is 1. The highest BCUT2D eigenvalue weighted by Gasteiger charge is 2.27. The van der Waals surface area contributed by atoms with Gasteiger partial charge in [-0.2, -0.15) is 0 Å². The Morgan fingerprint density at radius 2 is 1.83 bits per heavy atom. The zero-order chi connectivity index (χ0) is 16.8. The van der Waals surface area contributed by atoms with Crippen molar-refractivity contribution in [3.63, 3.8) is 0 Å². The van der Waals surface area contributed by atoms with Gasteiger partial charge in [0.1, 0.15) is 5.69 Å². The highest BCUT2D eigenvalue weighted by Crippen LogP contribution is 2.18. The molecule has 1 amide bonds. The molecule has 1 aromatic carbocycles. The third-order valence-electron chi connectivity index (χ3n) is 4.76. The Bertz CT molecular complexity index is 636. The molecule has 1 saturated heterocycles. The minimum atomic E-state index is 0.0566. The third kappa shape index (κ3) is 4.20. The largest absolute Gasteiger partial charge is 0.334 e. The van der Waals surface area contributed by atoms with Crippen molar-refractivity contribution in [1.29, 1.82) is 0 Å². The lowest BCUT2D eigenvalue weighted by Crippen LogP contribution is -2.47. The maximum Gasteiger partial charge on any atom is 0.272 e. The number of benzene rings is 1. The molecule has 1 aromatic heterocycles. The van der Waals surface area contributed by atoms with Gasteiger partial charge in [0.2, 0.25) is 0 Å². The fourth-order valence-electron chi connectivity index (χ4n) is 3.29. The molecule has 4 heteroatoms. The Hall–Kier alpha value is -2.20. The molecule has 2 heterocycles. The first kappa shape index (κ1) is 16.7. The Morgan fingerprint density at radius 3 is 2.50 bits per heavy atom. The summed E-state index contributed by atoms with van der Waals surface area (Å²) in [4.78, 5) is 21.6. The number of rotatable bonds is 5. The molecule has 1 fully saturated rings. The first-order chi connectivity index (χ1) is 11.7. The molecular weight excluding hydrogens is 298 g/mol. The smallest absolute Gasteiger partial charge is 0.272 e. The van der Waals surface area contributed by atoms with Gasteiger partial charge in [-0.05, 0) is 57.1 Å². The van der Waals surface area contributed by atoms with E-state index in [2.05, 4.69) is 41.2 Å². The molecule has 24 heavy (non-hydrogen) atoms. The number of hydrogen-bond acceptors (Lipinski definition) is 3. The van der Waals surface area contributed by atoms with Crippen LogP contribution in [0.4, 0.5) is 0 Å². The summed E-state index contributed by atoms with van der Waals surface area (Å²) < 4.78 is 0. The van der Waals surface area contributed by atoms with Gasteiger partial charge in [0, 0.05) is 18.8 Å². The average Bonchev–Trinajstić information content (AvgIpc) is 2.65. The highest BCUT2D eigenvalue weighted by molar-refractivity contribution is 5.92. The molecule has 1 aliphatic heterocycles. The number of pyridine rings is 1. The van der Waals surface area contributed by atoms with Crippen molar-refractivity contribution < 1.29 is 4.79 Å². The summed E-state index contributed by atoms with van der Waals surface area (Å²) >= 11 is 0. The second-order valence-electron chi connectivity index (χ2n) is 6.48. The molecule has 0 spiro atoms. The van der Waals surface area contributed by atoms with Crippen LogP contribution in [0.1, 0.15) is 28.9 Å². The first-order valence-electron chi connectivity index (χ1n) is 8.68. The summed E-state index contributed by atoms with van der Waals surface area (Å²) in [7, 11) is 2.14. The third-order valence-corrected chi connectivity index (χ3v) is 4.76. The second kappa shape index (κ2) is 8.06. The number of aromatic nitrogens is 1. The van der Waals surface area contributed by atoms with Gasteiger partial charge in [-0.1, -0.05) is 36.4 Å². The molecule has 0 bridgehead atoms. The lowest BCUT2D eigenvalue weighted by Gasteiger charge is -2.37. The number of carbonyl (C=O) groups excluding carboxylic acids is 1. The standard InChI is InChI=1S/C20H25N3O/c1-22-14-11-18(12-15-22)23(16-10-17-7-3-2-4-8-17)20(24)19-9-5-6-13-21-19/h2-9,13,18H,10-12,14-16H2,1H3. The maximum absolute atomic E-state index is 13.0. The van der Waals surface area contributed by atoms with E-state index in [1.165, 1.54) is 5.56 Å². The Labute approximate surface area is 144 Å². The summed E-state index contributed by atoms with van der Waals surface area (Å²) in [6.45, 7) is 2.83. The molecule has 3 rings (SSSR count). The molecule has 0 N–H and O–H groups in total. The molecule has 0 unspecified atom stereocenters. The van der Waals surface area contributed by atoms with Gasteiger partial charge in [-0.15, -0.1) is 0 Å². The molecule has 0 saturated carbocycles. The number of carbonyl (C=O) groups is 1.